The van der Waals surface area contributed by atoms with Crippen molar-refractivity contribution in [2.45, 2.75) is 24.7 Å². The van der Waals surface area contributed by atoms with Gasteiger partial charge in [0, 0.05) is 5.41 Å². The van der Waals surface area contributed by atoms with Crippen LogP contribution in [0.1, 0.15) is 24.8 Å². The molecule has 0 heterocycles. The highest BCUT2D eigenvalue weighted by molar-refractivity contribution is 6.42. The van der Waals surface area contributed by atoms with Crippen molar-refractivity contribution < 1.29 is 9.90 Å². The Bertz CT molecular complexity index is 476. The van der Waals surface area contributed by atoms with Gasteiger partial charge in [0.2, 0.25) is 0 Å². The number of hydrogen-bond acceptors (Lipinski definition) is 1. The van der Waals surface area contributed by atoms with Gasteiger partial charge in [-0.25, -0.2) is 0 Å². The lowest BCUT2D eigenvalue weighted by Gasteiger charge is -2.68. The molecule has 1 aromatic carbocycles. The van der Waals surface area contributed by atoms with E-state index in [-0.39, 0.29) is 5.41 Å². The SMILES string of the molecule is O=C(O)C12CC(c3cccc(Cl)c3Cl)(C1)C2. The summed E-state index contributed by atoms with van der Waals surface area (Å²) in [6.45, 7) is 0. The molecule has 3 saturated carbocycles. The molecule has 0 aliphatic heterocycles. The first-order valence-electron chi connectivity index (χ1n) is 5.17. The molecule has 0 saturated heterocycles. The molecule has 16 heavy (non-hydrogen) atoms. The number of halogens is 2. The van der Waals surface area contributed by atoms with E-state index in [1.807, 2.05) is 12.1 Å². The normalized spacial score (nSPS) is 35.1. The molecular weight excluding hydrogens is 247 g/mol. The summed E-state index contributed by atoms with van der Waals surface area (Å²) in [6, 6.07) is 5.59. The van der Waals surface area contributed by atoms with Crippen LogP contribution in [0.2, 0.25) is 10.0 Å². The lowest BCUT2D eigenvalue weighted by Crippen LogP contribution is -2.68. The maximum Gasteiger partial charge on any atom is 0.309 e. The van der Waals surface area contributed by atoms with Gasteiger partial charge in [0.15, 0.2) is 0 Å². The van der Waals surface area contributed by atoms with Crippen molar-refractivity contribution in [1.82, 2.24) is 0 Å². The van der Waals surface area contributed by atoms with Crippen LogP contribution in [0.15, 0.2) is 18.2 Å². The molecule has 84 valence electrons. The summed E-state index contributed by atoms with van der Waals surface area (Å²) in [5.41, 5.74) is 0.538. The second kappa shape index (κ2) is 2.93. The van der Waals surface area contributed by atoms with Crippen LogP contribution in [-0.4, -0.2) is 11.1 Å². The maximum absolute atomic E-state index is 11.0. The summed E-state index contributed by atoms with van der Waals surface area (Å²) in [6.07, 6.45) is 2.11. The van der Waals surface area contributed by atoms with Crippen molar-refractivity contribution in [3.63, 3.8) is 0 Å². The number of carboxylic acid groups (broad SMARTS) is 1. The molecule has 3 fully saturated rings. The van der Waals surface area contributed by atoms with Gasteiger partial charge in [-0.15, -0.1) is 0 Å². The van der Waals surface area contributed by atoms with E-state index in [9.17, 15) is 4.79 Å². The summed E-state index contributed by atoms with van der Waals surface area (Å²) in [4.78, 5) is 11.0. The Labute approximate surface area is 103 Å². The largest absolute Gasteiger partial charge is 0.481 e. The summed E-state index contributed by atoms with van der Waals surface area (Å²) in [5, 5.41) is 10.2. The van der Waals surface area contributed by atoms with Crippen LogP contribution in [0.3, 0.4) is 0 Å². The molecule has 2 bridgehead atoms. The number of rotatable bonds is 2. The Morgan fingerprint density at radius 1 is 1.25 bits per heavy atom. The minimum atomic E-state index is -0.674. The Balaban J connectivity index is 1.93. The third-order valence-corrected chi connectivity index (χ3v) is 4.83. The Kier molecular flexibility index (Phi) is 1.91. The van der Waals surface area contributed by atoms with Gasteiger partial charge in [-0.3, -0.25) is 4.79 Å². The predicted octanol–water partition coefficient (Wildman–Crippen LogP) is 3.50. The molecule has 0 amide bonds. The first kappa shape index (κ1) is 10.4. The number of carbonyl (C=O) groups is 1. The number of aliphatic carboxylic acids is 1. The zero-order valence-electron chi connectivity index (χ0n) is 8.46. The molecule has 2 nitrogen and oxygen atoms in total. The fraction of sp³-hybridized carbons (Fsp3) is 0.417. The topological polar surface area (TPSA) is 37.3 Å². The average Bonchev–Trinajstić information content (AvgIpc) is 2.07. The molecule has 4 rings (SSSR count). The highest BCUT2D eigenvalue weighted by atomic mass is 35.5. The smallest absolute Gasteiger partial charge is 0.309 e. The van der Waals surface area contributed by atoms with Crippen molar-refractivity contribution in [2.75, 3.05) is 0 Å². The van der Waals surface area contributed by atoms with Gasteiger partial charge in [-0.05, 0) is 30.9 Å². The molecule has 3 aliphatic carbocycles. The third-order valence-electron chi connectivity index (χ3n) is 4.01. The van der Waals surface area contributed by atoms with Crippen LogP contribution in [0.5, 0.6) is 0 Å². The number of carboxylic acids is 1. The summed E-state index contributed by atoms with van der Waals surface area (Å²) < 4.78 is 0. The zero-order valence-corrected chi connectivity index (χ0v) is 9.98. The monoisotopic (exact) mass is 256 g/mol. The van der Waals surface area contributed by atoms with Gasteiger partial charge in [0.1, 0.15) is 0 Å². The Morgan fingerprint density at radius 3 is 2.44 bits per heavy atom. The molecule has 4 heteroatoms. The molecule has 1 N–H and O–H groups in total. The minimum absolute atomic E-state index is 0.0135. The number of hydrogen-bond donors (Lipinski definition) is 1. The van der Waals surface area contributed by atoms with E-state index in [2.05, 4.69) is 0 Å². The molecule has 0 radical (unpaired) electrons. The quantitative estimate of drug-likeness (QED) is 0.880. The van der Waals surface area contributed by atoms with E-state index < -0.39 is 11.4 Å². The predicted molar refractivity (Wildman–Crippen MR) is 62.1 cm³/mol. The Morgan fingerprint density at radius 2 is 1.88 bits per heavy atom. The standard InChI is InChI=1S/C12H10Cl2O2/c13-8-3-1-2-7(9(8)14)11-4-12(5-11,6-11)10(15)16/h1-3H,4-6H2,(H,15,16). The molecule has 0 spiro atoms. The lowest BCUT2D eigenvalue weighted by atomic mass is 9.33. The lowest BCUT2D eigenvalue weighted by molar-refractivity contribution is -0.194. The number of benzene rings is 1. The molecular formula is C12H10Cl2O2. The van der Waals surface area contributed by atoms with Gasteiger partial charge in [-0.1, -0.05) is 35.3 Å². The van der Waals surface area contributed by atoms with Crippen molar-refractivity contribution in [1.29, 1.82) is 0 Å². The molecule has 0 unspecified atom stereocenters. The van der Waals surface area contributed by atoms with Crippen molar-refractivity contribution in [3.05, 3.63) is 33.8 Å². The van der Waals surface area contributed by atoms with Gasteiger partial charge in [0.25, 0.3) is 0 Å². The van der Waals surface area contributed by atoms with Crippen LogP contribution in [0, 0.1) is 5.41 Å². The molecule has 3 aliphatic rings. The van der Waals surface area contributed by atoms with Gasteiger partial charge in [0.05, 0.1) is 15.5 Å². The fourth-order valence-electron chi connectivity index (χ4n) is 3.21. The highest BCUT2D eigenvalue weighted by Crippen LogP contribution is 2.74. The zero-order chi connectivity index (χ0) is 11.6. The first-order chi connectivity index (χ1) is 7.49. The van der Waals surface area contributed by atoms with E-state index in [1.54, 1.807) is 6.07 Å². The second-order valence-corrected chi connectivity index (χ2v) is 5.78. The van der Waals surface area contributed by atoms with E-state index in [0.717, 1.165) is 5.56 Å². The summed E-state index contributed by atoms with van der Waals surface area (Å²) in [5.74, 6) is -0.674. The average molecular weight is 257 g/mol. The molecule has 0 atom stereocenters. The van der Waals surface area contributed by atoms with E-state index in [1.165, 1.54) is 0 Å². The van der Waals surface area contributed by atoms with E-state index in [0.29, 0.717) is 29.3 Å². The van der Waals surface area contributed by atoms with Crippen LogP contribution in [0.4, 0.5) is 0 Å². The summed E-state index contributed by atoms with van der Waals surface area (Å²) in [7, 11) is 0. The summed E-state index contributed by atoms with van der Waals surface area (Å²) >= 11 is 12.1. The van der Waals surface area contributed by atoms with Crippen LogP contribution in [0.25, 0.3) is 0 Å². The van der Waals surface area contributed by atoms with Crippen LogP contribution >= 0.6 is 23.2 Å². The maximum atomic E-state index is 11.0. The van der Waals surface area contributed by atoms with Crippen molar-refractivity contribution in [2.24, 2.45) is 5.41 Å². The van der Waals surface area contributed by atoms with Crippen LogP contribution < -0.4 is 0 Å². The van der Waals surface area contributed by atoms with Crippen molar-refractivity contribution in [3.8, 4) is 0 Å². The fourth-order valence-corrected chi connectivity index (χ4v) is 3.71. The van der Waals surface area contributed by atoms with E-state index in [4.69, 9.17) is 28.3 Å². The third kappa shape index (κ3) is 1.07. The highest BCUT2D eigenvalue weighted by Gasteiger charge is 2.72. The van der Waals surface area contributed by atoms with Crippen LogP contribution in [-0.2, 0) is 10.2 Å². The second-order valence-electron chi connectivity index (χ2n) is 5.00. The molecule has 1 aromatic rings. The van der Waals surface area contributed by atoms with E-state index >= 15 is 0 Å². The van der Waals surface area contributed by atoms with Gasteiger partial charge in [-0.2, -0.15) is 0 Å². The Hall–Kier alpha value is -0.730. The minimum Gasteiger partial charge on any atom is -0.481 e. The van der Waals surface area contributed by atoms with Crippen molar-refractivity contribution >= 4 is 29.2 Å². The van der Waals surface area contributed by atoms with Gasteiger partial charge < -0.3 is 5.11 Å². The first-order valence-corrected chi connectivity index (χ1v) is 5.93. The van der Waals surface area contributed by atoms with Gasteiger partial charge >= 0.3 is 5.97 Å². The molecule has 0 aromatic heterocycles.